The summed E-state index contributed by atoms with van der Waals surface area (Å²) < 4.78 is 40.7. The Balaban J connectivity index is 1.79. The molecular weight excluding hydrogens is 325 g/mol. The second-order valence-electron chi connectivity index (χ2n) is 4.89. The third-order valence-electron chi connectivity index (χ3n) is 3.14. The molecule has 1 N–H and O–H groups in total. The van der Waals surface area contributed by atoms with E-state index in [-0.39, 0.29) is 12.3 Å². The minimum atomic E-state index is -4.77. The zero-order valence-electron chi connectivity index (χ0n) is 12.1. The summed E-state index contributed by atoms with van der Waals surface area (Å²) in [5.74, 6) is -0.353. The summed E-state index contributed by atoms with van der Waals surface area (Å²) in [6.45, 7) is 0.0208. The number of halogens is 3. The number of urea groups is 1. The molecule has 24 heavy (non-hydrogen) atoms. The Kier molecular flexibility index (Phi) is 4.07. The van der Waals surface area contributed by atoms with Crippen molar-refractivity contribution in [2.24, 2.45) is 5.10 Å². The zero-order chi connectivity index (χ0) is 17.2. The van der Waals surface area contributed by atoms with Gasteiger partial charge in [-0.25, -0.2) is 9.80 Å². The monoisotopic (exact) mass is 336 g/mol. The molecule has 0 fully saturated rings. The van der Waals surface area contributed by atoms with E-state index in [0.717, 1.165) is 11.1 Å². The number of hydrazone groups is 1. The molecule has 9 heteroatoms. The number of carbonyl (C=O) groups is 1. The van der Waals surface area contributed by atoms with E-state index in [1.807, 2.05) is 0 Å². The Labute approximate surface area is 134 Å². The average molecular weight is 336 g/mol. The lowest BCUT2D eigenvalue weighted by molar-refractivity contribution is -0.274. The van der Waals surface area contributed by atoms with Crippen molar-refractivity contribution >= 4 is 17.9 Å². The highest BCUT2D eigenvalue weighted by molar-refractivity contribution is 5.93. The van der Waals surface area contributed by atoms with Crippen molar-refractivity contribution in [3.05, 3.63) is 53.9 Å². The van der Waals surface area contributed by atoms with Gasteiger partial charge in [0.25, 0.3) is 0 Å². The molecular formula is C15H11F3N4O2. The van der Waals surface area contributed by atoms with Gasteiger partial charge in [-0.1, -0.05) is 6.07 Å². The number of amides is 2. The first-order chi connectivity index (χ1) is 11.4. The summed E-state index contributed by atoms with van der Waals surface area (Å²) in [5.41, 5.74) is 1.56. The minimum Gasteiger partial charge on any atom is -0.406 e. The van der Waals surface area contributed by atoms with Crippen LogP contribution >= 0.6 is 0 Å². The third-order valence-corrected chi connectivity index (χ3v) is 3.14. The highest BCUT2D eigenvalue weighted by atomic mass is 19.4. The quantitative estimate of drug-likeness (QED) is 0.874. The topological polar surface area (TPSA) is 66.8 Å². The van der Waals surface area contributed by atoms with Crippen molar-refractivity contribution in [3.8, 4) is 5.75 Å². The Bertz CT molecular complexity index is 778. The van der Waals surface area contributed by atoms with Crippen LogP contribution in [0.5, 0.6) is 5.75 Å². The fourth-order valence-corrected chi connectivity index (χ4v) is 2.11. The fraction of sp³-hybridized carbons (Fsp3) is 0.133. The molecule has 2 amide bonds. The lowest BCUT2D eigenvalue weighted by Crippen LogP contribution is -2.35. The van der Waals surface area contributed by atoms with Crippen molar-refractivity contribution in [2.45, 2.75) is 12.9 Å². The van der Waals surface area contributed by atoms with Gasteiger partial charge in [0.1, 0.15) is 5.75 Å². The number of pyridine rings is 1. The van der Waals surface area contributed by atoms with Crippen LogP contribution in [0.15, 0.2) is 47.8 Å². The SMILES string of the molecule is O=C1Nc2ccc(OC(F)(F)F)cc2CN1N=Cc1cccnc1. The second kappa shape index (κ2) is 6.19. The van der Waals surface area contributed by atoms with Crippen molar-refractivity contribution in [2.75, 3.05) is 5.32 Å². The number of fused-ring (bicyclic) bond motifs is 1. The summed E-state index contributed by atoms with van der Waals surface area (Å²) in [5, 5.41) is 7.69. The van der Waals surface area contributed by atoms with E-state index in [0.29, 0.717) is 16.8 Å². The number of carbonyl (C=O) groups excluding carboxylic acids is 1. The Hall–Kier alpha value is -3.10. The van der Waals surface area contributed by atoms with Gasteiger partial charge in [0.2, 0.25) is 0 Å². The molecule has 0 bridgehead atoms. The first-order valence-corrected chi connectivity index (χ1v) is 6.82. The van der Waals surface area contributed by atoms with Crippen LogP contribution in [0.4, 0.5) is 23.7 Å². The van der Waals surface area contributed by atoms with Crippen molar-refractivity contribution < 1.29 is 22.7 Å². The van der Waals surface area contributed by atoms with E-state index in [1.54, 1.807) is 24.5 Å². The predicted octanol–water partition coefficient (Wildman–Crippen LogP) is 3.36. The van der Waals surface area contributed by atoms with Crippen molar-refractivity contribution in [1.29, 1.82) is 0 Å². The van der Waals surface area contributed by atoms with Crippen molar-refractivity contribution in [3.63, 3.8) is 0 Å². The minimum absolute atomic E-state index is 0.0208. The normalized spacial score (nSPS) is 14.5. The third kappa shape index (κ3) is 3.80. The van der Waals surface area contributed by atoms with Crippen LogP contribution in [-0.4, -0.2) is 28.6 Å². The molecule has 0 unspecified atom stereocenters. The van der Waals surface area contributed by atoms with Gasteiger partial charge in [0.05, 0.1) is 12.8 Å². The van der Waals surface area contributed by atoms with Gasteiger partial charge >= 0.3 is 12.4 Å². The van der Waals surface area contributed by atoms with Crippen LogP contribution in [-0.2, 0) is 6.54 Å². The molecule has 2 aromatic rings. The van der Waals surface area contributed by atoms with E-state index in [1.165, 1.54) is 18.3 Å². The first-order valence-electron chi connectivity index (χ1n) is 6.82. The summed E-state index contributed by atoms with van der Waals surface area (Å²) in [6, 6.07) is 6.70. The Morgan fingerprint density at radius 2 is 2.17 bits per heavy atom. The summed E-state index contributed by atoms with van der Waals surface area (Å²) in [6.07, 6.45) is -0.171. The largest absolute Gasteiger partial charge is 0.573 e. The van der Waals surface area contributed by atoms with E-state index < -0.39 is 12.4 Å². The standard InChI is InChI=1S/C15H11F3N4O2/c16-15(17,18)24-12-3-4-13-11(6-12)9-22(14(23)21-13)20-8-10-2-1-5-19-7-10/h1-8H,9H2,(H,21,23). The number of ether oxygens (including phenoxy) is 1. The first kappa shape index (κ1) is 15.8. The van der Waals surface area contributed by atoms with Crippen LogP contribution < -0.4 is 10.1 Å². The highest BCUT2D eigenvalue weighted by Crippen LogP contribution is 2.30. The number of benzene rings is 1. The molecule has 0 spiro atoms. The number of hydrogen-bond acceptors (Lipinski definition) is 4. The number of alkyl halides is 3. The van der Waals surface area contributed by atoms with Crippen molar-refractivity contribution in [1.82, 2.24) is 9.99 Å². The maximum Gasteiger partial charge on any atom is 0.573 e. The van der Waals surface area contributed by atoms with E-state index in [2.05, 4.69) is 20.1 Å². The average Bonchev–Trinajstić information content (AvgIpc) is 2.53. The van der Waals surface area contributed by atoms with Crippen LogP contribution in [0, 0.1) is 0 Å². The van der Waals surface area contributed by atoms with Gasteiger partial charge in [-0.3, -0.25) is 4.98 Å². The van der Waals surface area contributed by atoms with E-state index in [4.69, 9.17) is 0 Å². The number of anilines is 1. The number of nitrogens with zero attached hydrogens (tertiary/aromatic N) is 3. The lowest BCUT2D eigenvalue weighted by atomic mass is 10.1. The smallest absolute Gasteiger partial charge is 0.406 e. The Morgan fingerprint density at radius 1 is 1.33 bits per heavy atom. The summed E-state index contributed by atoms with van der Waals surface area (Å²) in [4.78, 5) is 15.9. The highest BCUT2D eigenvalue weighted by Gasteiger charge is 2.32. The van der Waals surface area contributed by atoms with Gasteiger partial charge < -0.3 is 10.1 Å². The molecule has 1 aliphatic heterocycles. The number of hydrogen-bond donors (Lipinski definition) is 1. The molecule has 0 aliphatic carbocycles. The molecule has 124 valence electrons. The van der Waals surface area contributed by atoms with Gasteiger partial charge in [-0.2, -0.15) is 5.10 Å². The van der Waals surface area contributed by atoms with Crippen LogP contribution in [0.1, 0.15) is 11.1 Å². The molecule has 1 aromatic carbocycles. The zero-order valence-corrected chi connectivity index (χ0v) is 12.1. The molecule has 0 saturated heterocycles. The molecule has 0 radical (unpaired) electrons. The maximum atomic E-state index is 12.3. The second-order valence-corrected chi connectivity index (χ2v) is 4.89. The number of rotatable bonds is 3. The predicted molar refractivity (Wildman–Crippen MR) is 79.5 cm³/mol. The Morgan fingerprint density at radius 3 is 2.88 bits per heavy atom. The van der Waals surface area contributed by atoms with Crippen LogP contribution in [0.25, 0.3) is 0 Å². The molecule has 2 heterocycles. The fourth-order valence-electron chi connectivity index (χ4n) is 2.11. The summed E-state index contributed by atoms with van der Waals surface area (Å²) >= 11 is 0. The van der Waals surface area contributed by atoms with Gasteiger partial charge in [-0.15, -0.1) is 13.2 Å². The van der Waals surface area contributed by atoms with E-state index >= 15 is 0 Å². The molecule has 1 aliphatic rings. The maximum absolute atomic E-state index is 12.3. The van der Waals surface area contributed by atoms with Crippen LogP contribution in [0.3, 0.4) is 0 Å². The van der Waals surface area contributed by atoms with Crippen LogP contribution in [0.2, 0.25) is 0 Å². The summed E-state index contributed by atoms with van der Waals surface area (Å²) in [7, 11) is 0. The molecule has 0 saturated carbocycles. The van der Waals surface area contributed by atoms with Gasteiger partial charge in [-0.05, 0) is 24.3 Å². The molecule has 0 atom stereocenters. The molecule has 1 aromatic heterocycles. The molecule has 3 rings (SSSR count). The number of aromatic nitrogens is 1. The van der Waals surface area contributed by atoms with Gasteiger partial charge in [0.15, 0.2) is 0 Å². The van der Waals surface area contributed by atoms with Gasteiger partial charge in [0, 0.05) is 29.2 Å². The number of nitrogens with one attached hydrogen (secondary N) is 1. The molecule has 6 nitrogen and oxygen atoms in total. The lowest BCUT2D eigenvalue weighted by Gasteiger charge is -2.25. The van der Waals surface area contributed by atoms with E-state index in [9.17, 15) is 18.0 Å².